The molecule has 8 nitrogen and oxygen atoms in total. The number of aromatic nitrogens is 1. The van der Waals surface area contributed by atoms with Gasteiger partial charge in [0.15, 0.2) is 0 Å². The number of carboxylic acids is 1. The summed E-state index contributed by atoms with van der Waals surface area (Å²) in [6.45, 7) is 4.83. The molecule has 1 fully saturated rings. The summed E-state index contributed by atoms with van der Waals surface area (Å²) < 4.78 is 51.7. The van der Waals surface area contributed by atoms with Crippen LogP contribution in [0, 0.1) is 11.8 Å². The molecule has 0 unspecified atom stereocenters. The average Bonchev–Trinajstić information content (AvgIpc) is 3.17. The van der Waals surface area contributed by atoms with Gasteiger partial charge in [0.05, 0.1) is 42.2 Å². The SMILES string of the molecule is COc1cc(N2CC[C@H](Oc3ccc(N4N=C(C(F)(F)F)[C@@H](C)[C@@H]4CC(=O)O)cc3)[C@@H](C)C2)c(Cl)cn1. The molecule has 4 rings (SSSR count). The number of pyridine rings is 1. The molecule has 12 heteroatoms. The number of nitrogens with zero attached hydrogens (tertiary/aromatic N) is 4. The molecule has 200 valence electrons. The minimum Gasteiger partial charge on any atom is -0.490 e. The van der Waals surface area contributed by atoms with Crippen LogP contribution in [0.2, 0.25) is 5.02 Å². The number of alkyl halides is 3. The smallest absolute Gasteiger partial charge is 0.431 e. The van der Waals surface area contributed by atoms with Crippen molar-refractivity contribution in [1.29, 1.82) is 0 Å². The summed E-state index contributed by atoms with van der Waals surface area (Å²) in [7, 11) is 1.55. The van der Waals surface area contributed by atoms with Crippen LogP contribution in [-0.2, 0) is 4.79 Å². The van der Waals surface area contributed by atoms with Gasteiger partial charge in [-0.25, -0.2) is 4.98 Å². The van der Waals surface area contributed by atoms with Gasteiger partial charge in [-0.05, 0) is 24.3 Å². The number of anilines is 2. The second-order valence-corrected chi connectivity index (χ2v) is 9.73. The highest BCUT2D eigenvalue weighted by Crippen LogP contribution is 2.37. The molecular formula is C25H28ClF3N4O4. The van der Waals surface area contributed by atoms with E-state index in [-0.39, 0.29) is 12.0 Å². The maximum absolute atomic E-state index is 13.4. The van der Waals surface area contributed by atoms with E-state index < -0.39 is 36.2 Å². The number of halogens is 4. The van der Waals surface area contributed by atoms with E-state index in [9.17, 15) is 23.1 Å². The Morgan fingerprint density at radius 1 is 1.24 bits per heavy atom. The number of piperidine rings is 1. The molecule has 1 aromatic heterocycles. The lowest BCUT2D eigenvalue weighted by molar-refractivity contribution is -0.137. The number of ether oxygens (including phenoxy) is 2. The second kappa shape index (κ2) is 10.6. The average molecular weight is 541 g/mol. The van der Waals surface area contributed by atoms with Gasteiger partial charge in [-0.3, -0.25) is 9.80 Å². The Balaban J connectivity index is 1.44. The van der Waals surface area contributed by atoms with Gasteiger partial charge in [-0.15, -0.1) is 0 Å². The number of hydrogen-bond acceptors (Lipinski definition) is 7. The van der Waals surface area contributed by atoms with Gasteiger partial charge < -0.3 is 19.5 Å². The number of hydrazone groups is 1. The maximum atomic E-state index is 13.4. The van der Waals surface area contributed by atoms with Gasteiger partial charge in [0, 0.05) is 37.4 Å². The third kappa shape index (κ3) is 5.87. The zero-order valence-electron chi connectivity index (χ0n) is 20.6. The molecule has 37 heavy (non-hydrogen) atoms. The van der Waals surface area contributed by atoms with Crippen LogP contribution in [0.3, 0.4) is 0 Å². The summed E-state index contributed by atoms with van der Waals surface area (Å²) in [5, 5.41) is 14.7. The van der Waals surface area contributed by atoms with Crippen molar-refractivity contribution in [2.45, 2.75) is 45.0 Å². The predicted octanol–water partition coefficient (Wildman–Crippen LogP) is 5.26. The van der Waals surface area contributed by atoms with Gasteiger partial charge >= 0.3 is 12.1 Å². The lowest BCUT2D eigenvalue weighted by Gasteiger charge is -2.38. The first-order valence-corrected chi connectivity index (χ1v) is 12.2. The first kappa shape index (κ1) is 26.8. The number of carboxylic acid groups (broad SMARTS) is 1. The normalized spacial score (nSPS) is 24.1. The fraction of sp³-hybridized carbons (Fsp3) is 0.480. The minimum absolute atomic E-state index is 0.0778. The summed E-state index contributed by atoms with van der Waals surface area (Å²) in [5.74, 6) is -1.06. The molecule has 0 spiro atoms. The Hall–Kier alpha value is -3.21. The molecule has 1 aromatic carbocycles. The molecule has 0 amide bonds. The second-order valence-electron chi connectivity index (χ2n) is 9.32. The summed E-state index contributed by atoms with van der Waals surface area (Å²) in [6, 6.07) is 7.40. The van der Waals surface area contributed by atoms with E-state index in [2.05, 4.69) is 21.9 Å². The molecule has 0 bridgehead atoms. The Morgan fingerprint density at radius 2 is 1.95 bits per heavy atom. The zero-order chi connectivity index (χ0) is 26.9. The van der Waals surface area contributed by atoms with Crippen LogP contribution in [0.4, 0.5) is 24.5 Å². The fourth-order valence-corrected chi connectivity index (χ4v) is 5.04. The lowest BCUT2D eigenvalue weighted by Crippen LogP contribution is -2.44. The van der Waals surface area contributed by atoms with Gasteiger partial charge in [-0.1, -0.05) is 25.4 Å². The summed E-state index contributed by atoms with van der Waals surface area (Å²) in [4.78, 5) is 17.6. The monoisotopic (exact) mass is 540 g/mol. The third-order valence-electron chi connectivity index (χ3n) is 6.79. The Morgan fingerprint density at radius 3 is 2.54 bits per heavy atom. The highest BCUT2D eigenvalue weighted by molar-refractivity contribution is 6.33. The number of methoxy groups -OCH3 is 1. The summed E-state index contributed by atoms with van der Waals surface area (Å²) in [6.07, 6.45) is -2.88. The molecule has 1 saturated heterocycles. The van der Waals surface area contributed by atoms with E-state index in [0.717, 1.165) is 17.1 Å². The third-order valence-corrected chi connectivity index (χ3v) is 7.08. The summed E-state index contributed by atoms with van der Waals surface area (Å²) >= 11 is 6.35. The van der Waals surface area contributed by atoms with Crippen molar-refractivity contribution >= 4 is 34.7 Å². The molecule has 2 aliphatic heterocycles. The van der Waals surface area contributed by atoms with Crippen LogP contribution in [-0.4, -0.2) is 60.3 Å². The van der Waals surface area contributed by atoms with Crippen LogP contribution in [0.15, 0.2) is 41.6 Å². The minimum atomic E-state index is -4.63. The predicted molar refractivity (Wildman–Crippen MR) is 134 cm³/mol. The van der Waals surface area contributed by atoms with Crippen molar-refractivity contribution in [3.05, 3.63) is 41.6 Å². The van der Waals surface area contributed by atoms with Crippen LogP contribution < -0.4 is 19.4 Å². The fourth-order valence-electron chi connectivity index (χ4n) is 4.82. The van der Waals surface area contributed by atoms with E-state index in [1.165, 1.54) is 6.92 Å². The van der Waals surface area contributed by atoms with Crippen molar-refractivity contribution in [2.24, 2.45) is 16.9 Å². The van der Waals surface area contributed by atoms with E-state index in [0.29, 0.717) is 35.4 Å². The Bertz CT molecular complexity index is 1160. The van der Waals surface area contributed by atoms with Gasteiger partial charge in [0.25, 0.3) is 0 Å². The molecule has 3 heterocycles. The molecule has 4 atom stereocenters. The first-order chi connectivity index (χ1) is 17.5. The molecule has 2 aliphatic rings. The molecule has 0 radical (unpaired) electrons. The number of carbonyl (C=O) groups is 1. The Kier molecular flexibility index (Phi) is 7.72. The van der Waals surface area contributed by atoms with Gasteiger partial charge in [0.1, 0.15) is 17.6 Å². The van der Waals surface area contributed by atoms with Crippen molar-refractivity contribution in [3.8, 4) is 11.6 Å². The van der Waals surface area contributed by atoms with Crippen LogP contribution >= 0.6 is 11.6 Å². The summed E-state index contributed by atoms with van der Waals surface area (Å²) in [5.41, 5.74) is 0.234. The highest BCUT2D eigenvalue weighted by atomic mass is 35.5. The molecule has 2 aromatic rings. The number of hydrogen-bond donors (Lipinski definition) is 1. The van der Waals surface area contributed by atoms with Gasteiger partial charge in [-0.2, -0.15) is 18.3 Å². The van der Waals surface area contributed by atoms with Crippen molar-refractivity contribution in [3.63, 3.8) is 0 Å². The maximum Gasteiger partial charge on any atom is 0.431 e. The largest absolute Gasteiger partial charge is 0.490 e. The van der Waals surface area contributed by atoms with E-state index >= 15 is 0 Å². The van der Waals surface area contributed by atoms with Crippen molar-refractivity contribution in [2.75, 3.05) is 30.1 Å². The van der Waals surface area contributed by atoms with Crippen LogP contribution in [0.25, 0.3) is 0 Å². The van der Waals surface area contributed by atoms with Crippen LogP contribution in [0.5, 0.6) is 11.6 Å². The standard InChI is InChI=1S/C25H28ClF3N4O4/c1-14-13-32(20-10-22(36-3)30-12-18(20)26)9-8-21(14)37-17-6-4-16(5-7-17)33-19(11-23(34)35)15(2)24(31-33)25(27,28)29/h4-7,10,12,14-15,19,21H,8-9,11,13H2,1-3H3,(H,34,35)/t14-,15-,19-,21-/m0/s1. The highest BCUT2D eigenvalue weighted by Gasteiger charge is 2.48. The van der Waals surface area contributed by atoms with Crippen LogP contribution in [0.1, 0.15) is 26.7 Å². The van der Waals surface area contributed by atoms with E-state index in [1.54, 1.807) is 43.6 Å². The van der Waals surface area contributed by atoms with Crippen molar-refractivity contribution < 1.29 is 32.5 Å². The molecule has 1 N–H and O–H groups in total. The topological polar surface area (TPSA) is 87.5 Å². The molecule has 0 saturated carbocycles. The molecule has 0 aliphatic carbocycles. The lowest BCUT2D eigenvalue weighted by atomic mass is 9.94. The quantitative estimate of drug-likeness (QED) is 0.513. The number of aliphatic carboxylic acids is 1. The van der Waals surface area contributed by atoms with Crippen molar-refractivity contribution in [1.82, 2.24) is 4.98 Å². The van der Waals surface area contributed by atoms with Gasteiger partial charge in [0.2, 0.25) is 5.88 Å². The zero-order valence-corrected chi connectivity index (χ0v) is 21.3. The van der Waals surface area contributed by atoms with E-state index in [1.807, 2.05) is 0 Å². The number of rotatable bonds is 7. The Labute approximate surface area is 217 Å². The number of benzene rings is 1. The van der Waals surface area contributed by atoms with E-state index in [4.69, 9.17) is 21.1 Å². The first-order valence-electron chi connectivity index (χ1n) is 11.9. The molecular weight excluding hydrogens is 513 g/mol.